The Hall–Kier alpha value is -1.47. The van der Waals surface area contributed by atoms with Crippen molar-refractivity contribution in [2.24, 2.45) is 0 Å². The van der Waals surface area contributed by atoms with Crippen molar-refractivity contribution in [3.05, 3.63) is 24.3 Å². The Kier molecular flexibility index (Phi) is 29.5. The van der Waals surface area contributed by atoms with E-state index in [2.05, 4.69) is 42.7 Å². The first-order valence-corrected chi connectivity index (χ1v) is 18.7. The summed E-state index contributed by atoms with van der Waals surface area (Å²) in [5.41, 5.74) is 0. The molecular weight excluding hydrogens is 567 g/mol. The fourth-order valence-electron chi connectivity index (χ4n) is 4.60. The molecule has 0 amide bonds. The largest absolute Gasteiger partial charge is 0.469 e. The summed E-state index contributed by atoms with van der Waals surface area (Å²) in [6.45, 7) is 3.58. The number of hydrogen-bond donors (Lipinski definition) is 2. The second kappa shape index (κ2) is 30.6. The van der Waals surface area contributed by atoms with Gasteiger partial charge in [-0.2, -0.15) is 0 Å². The van der Waals surface area contributed by atoms with E-state index in [4.69, 9.17) is 19.3 Å². The molecule has 1 atom stereocenters. The van der Waals surface area contributed by atoms with E-state index in [1.807, 2.05) is 0 Å². The van der Waals surface area contributed by atoms with Crippen LogP contribution >= 0.6 is 7.82 Å². The second-order valence-electron chi connectivity index (χ2n) is 11.5. The first kappa shape index (κ1) is 41.5. The number of carbonyl (C=O) groups is 2. The molecule has 0 aromatic rings. The van der Waals surface area contributed by atoms with Crippen LogP contribution in [0.4, 0.5) is 0 Å². The van der Waals surface area contributed by atoms with Crippen LogP contribution < -0.4 is 0 Å². The molecule has 0 aliphatic carbocycles. The normalized spacial score (nSPS) is 12.7. The maximum atomic E-state index is 12.3. The zero-order valence-corrected chi connectivity index (χ0v) is 28.2. The fraction of sp³-hybridized carbons (Fsp3) is 0.824. The lowest BCUT2D eigenvalue weighted by atomic mass is 10.1. The predicted octanol–water partition coefficient (Wildman–Crippen LogP) is 9.68. The summed E-state index contributed by atoms with van der Waals surface area (Å²) in [7, 11) is -4.74. The molecule has 0 bridgehead atoms. The van der Waals surface area contributed by atoms with Gasteiger partial charge in [0.1, 0.15) is 6.61 Å². The highest BCUT2D eigenvalue weighted by Crippen LogP contribution is 2.35. The molecule has 1 unspecified atom stereocenters. The summed E-state index contributed by atoms with van der Waals surface area (Å²) in [5, 5.41) is 0. The Labute approximate surface area is 262 Å². The lowest BCUT2D eigenvalue weighted by Gasteiger charge is -2.18. The molecule has 0 radical (unpaired) electrons. The van der Waals surface area contributed by atoms with Crippen molar-refractivity contribution >= 4 is 19.8 Å². The molecule has 9 heteroatoms. The van der Waals surface area contributed by atoms with E-state index in [0.717, 1.165) is 70.6 Å². The third-order valence-electron chi connectivity index (χ3n) is 7.17. The van der Waals surface area contributed by atoms with Crippen molar-refractivity contribution in [1.82, 2.24) is 0 Å². The van der Waals surface area contributed by atoms with Gasteiger partial charge in [-0.1, -0.05) is 115 Å². The van der Waals surface area contributed by atoms with Crippen molar-refractivity contribution in [1.29, 1.82) is 0 Å². The van der Waals surface area contributed by atoms with Crippen LogP contribution in [-0.2, 0) is 28.2 Å². The number of ether oxygens (including phenoxy) is 2. The smallest absolute Gasteiger partial charge is 0.462 e. The van der Waals surface area contributed by atoms with Crippen LogP contribution in [0.15, 0.2) is 24.3 Å². The molecule has 0 spiro atoms. The van der Waals surface area contributed by atoms with Gasteiger partial charge in [0.05, 0.1) is 6.61 Å². The van der Waals surface area contributed by atoms with E-state index in [-0.39, 0.29) is 19.4 Å². The van der Waals surface area contributed by atoms with Crippen LogP contribution in [0, 0.1) is 0 Å². The zero-order chi connectivity index (χ0) is 31.9. The molecule has 2 N–H and O–H groups in total. The van der Waals surface area contributed by atoms with Crippen LogP contribution in [0.25, 0.3) is 0 Å². The number of unbranched alkanes of at least 4 members (excludes halogenated alkanes) is 17. The number of phosphoric acid groups is 1. The quantitative estimate of drug-likeness (QED) is 0.0336. The van der Waals surface area contributed by atoms with E-state index in [0.29, 0.717) is 12.8 Å². The summed E-state index contributed by atoms with van der Waals surface area (Å²) in [5.74, 6) is -0.908. The van der Waals surface area contributed by atoms with Crippen molar-refractivity contribution < 1.29 is 37.9 Å². The Bertz CT molecular complexity index is 761. The molecule has 0 saturated heterocycles. The summed E-state index contributed by atoms with van der Waals surface area (Å²) >= 11 is 0. The van der Waals surface area contributed by atoms with Crippen LogP contribution in [0.3, 0.4) is 0 Å². The van der Waals surface area contributed by atoms with Gasteiger partial charge in [0.15, 0.2) is 6.10 Å². The number of allylic oxidation sites excluding steroid dienone is 4. The highest BCUT2D eigenvalue weighted by atomic mass is 31.2. The lowest BCUT2D eigenvalue weighted by Crippen LogP contribution is -2.29. The van der Waals surface area contributed by atoms with Crippen molar-refractivity contribution in [3.8, 4) is 0 Å². The van der Waals surface area contributed by atoms with Gasteiger partial charge in [-0.15, -0.1) is 0 Å². The first-order valence-electron chi connectivity index (χ1n) is 17.1. The average molecular weight is 631 g/mol. The molecule has 0 aromatic heterocycles. The number of hydrogen-bond acceptors (Lipinski definition) is 6. The Balaban J connectivity index is 4.02. The van der Waals surface area contributed by atoms with Gasteiger partial charge in [-0.3, -0.25) is 14.1 Å². The molecule has 0 rings (SSSR count). The SMILES string of the molecule is CCC/C=C\CCCCCCCC(=O)OCC(COP(=O)(O)O)OC(=O)CCCCCCC/C=C\CCCCCCCC. The van der Waals surface area contributed by atoms with Gasteiger partial charge in [-0.25, -0.2) is 4.57 Å². The van der Waals surface area contributed by atoms with Gasteiger partial charge in [0, 0.05) is 12.8 Å². The maximum absolute atomic E-state index is 12.3. The first-order chi connectivity index (χ1) is 20.8. The standard InChI is InChI=1S/C34H63O8P/c1-3-5-7-9-11-13-15-16-17-18-19-21-23-25-27-29-34(36)42-32(31-41-43(37,38)39)30-40-33(35)28-26-24-22-20-14-12-10-8-6-4-2/h8,10,16-17,32H,3-7,9,11-15,18-31H2,1-2H3,(H2,37,38,39)/b10-8-,17-16-. The second-order valence-corrected chi connectivity index (χ2v) is 12.7. The number of rotatable bonds is 31. The summed E-state index contributed by atoms with van der Waals surface area (Å²) in [4.78, 5) is 42.5. The minimum Gasteiger partial charge on any atom is -0.462 e. The lowest BCUT2D eigenvalue weighted by molar-refractivity contribution is -0.161. The fourth-order valence-corrected chi connectivity index (χ4v) is 4.96. The van der Waals surface area contributed by atoms with E-state index in [9.17, 15) is 14.2 Å². The number of esters is 2. The molecule has 0 heterocycles. The number of phosphoric ester groups is 1. The van der Waals surface area contributed by atoms with E-state index >= 15 is 0 Å². The molecule has 8 nitrogen and oxygen atoms in total. The van der Waals surface area contributed by atoms with E-state index in [1.165, 1.54) is 51.4 Å². The zero-order valence-electron chi connectivity index (χ0n) is 27.4. The molecule has 0 aliphatic rings. The van der Waals surface area contributed by atoms with Crippen molar-refractivity contribution in [2.75, 3.05) is 13.2 Å². The molecule has 0 aliphatic heterocycles. The van der Waals surface area contributed by atoms with E-state index < -0.39 is 32.5 Å². The molecule has 0 aromatic carbocycles. The van der Waals surface area contributed by atoms with Crippen LogP contribution in [0.5, 0.6) is 0 Å². The molecule has 0 saturated carbocycles. The van der Waals surface area contributed by atoms with Gasteiger partial charge in [0.25, 0.3) is 0 Å². The highest BCUT2D eigenvalue weighted by molar-refractivity contribution is 7.46. The highest BCUT2D eigenvalue weighted by Gasteiger charge is 2.22. The Morgan fingerprint density at radius 1 is 0.581 bits per heavy atom. The molecule has 0 fully saturated rings. The monoisotopic (exact) mass is 630 g/mol. The molecule has 43 heavy (non-hydrogen) atoms. The third kappa shape index (κ3) is 33.3. The number of carbonyl (C=O) groups excluding carboxylic acids is 2. The van der Waals surface area contributed by atoms with Crippen LogP contribution in [0.1, 0.15) is 162 Å². The average Bonchev–Trinajstić information content (AvgIpc) is 2.97. The topological polar surface area (TPSA) is 119 Å². The minimum absolute atomic E-state index is 0.201. The minimum atomic E-state index is -4.74. The Morgan fingerprint density at radius 2 is 1.02 bits per heavy atom. The van der Waals surface area contributed by atoms with Gasteiger partial charge < -0.3 is 19.3 Å². The van der Waals surface area contributed by atoms with E-state index in [1.54, 1.807) is 0 Å². The summed E-state index contributed by atoms with van der Waals surface area (Å²) < 4.78 is 26.2. The molecule has 252 valence electrons. The van der Waals surface area contributed by atoms with Gasteiger partial charge >= 0.3 is 19.8 Å². The predicted molar refractivity (Wildman–Crippen MR) is 175 cm³/mol. The third-order valence-corrected chi connectivity index (χ3v) is 7.66. The molecular formula is C34H63O8P. The van der Waals surface area contributed by atoms with Crippen molar-refractivity contribution in [3.63, 3.8) is 0 Å². The maximum Gasteiger partial charge on any atom is 0.469 e. The van der Waals surface area contributed by atoms with Crippen LogP contribution in [0.2, 0.25) is 0 Å². The summed E-state index contributed by atoms with van der Waals surface area (Å²) in [6, 6.07) is 0. The Morgan fingerprint density at radius 3 is 1.51 bits per heavy atom. The van der Waals surface area contributed by atoms with Gasteiger partial charge in [0.2, 0.25) is 0 Å². The van der Waals surface area contributed by atoms with Crippen molar-refractivity contribution in [2.45, 2.75) is 168 Å². The van der Waals surface area contributed by atoms with Crippen LogP contribution in [-0.4, -0.2) is 41.0 Å². The van der Waals surface area contributed by atoms with Gasteiger partial charge in [-0.05, 0) is 57.8 Å². The summed E-state index contributed by atoms with van der Waals surface area (Å²) in [6.07, 6.45) is 31.9.